The van der Waals surface area contributed by atoms with Crippen molar-refractivity contribution in [3.63, 3.8) is 0 Å². The Kier molecular flexibility index (Phi) is 10.5. The SMILES string of the molecule is COC(=O)CCC/C=C\C[C@@H]1[C@@H](N)[C@H](OC(=O)c2ccccc2)C[C@@H]1OCc1ccc(-c2ccccc2)cc1. The largest absolute Gasteiger partial charge is 0.469 e. The van der Waals surface area contributed by atoms with E-state index in [1.54, 1.807) is 12.1 Å². The Labute approximate surface area is 230 Å². The van der Waals surface area contributed by atoms with Crippen LogP contribution in [0.15, 0.2) is 97.1 Å². The lowest BCUT2D eigenvalue weighted by Crippen LogP contribution is -2.38. The Morgan fingerprint density at radius 1 is 0.872 bits per heavy atom. The predicted octanol–water partition coefficient (Wildman–Crippen LogP) is 6.10. The molecule has 1 fully saturated rings. The van der Waals surface area contributed by atoms with E-state index in [2.05, 4.69) is 48.6 Å². The summed E-state index contributed by atoms with van der Waals surface area (Å²) >= 11 is 0. The third-order valence-corrected chi connectivity index (χ3v) is 7.21. The van der Waals surface area contributed by atoms with Gasteiger partial charge in [-0.1, -0.05) is 84.9 Å². The summed E-state index contributed by atoms with van der Waals surface area (Å²) in [6, 6.07) is 27.3. The van der Waals surface area contributed by atoms with Gasteiger partial charge in [0.25, 0.3) is 0 Å². The zero-order valence-corrected chi connectivity index (χ0v) is 22.4. The normalized spacial score (nSPS) is 20.7. The number of hydrogen-bond acceptors (Lipinski definition) is 6. The molecule has 204 valence electrons. The molecule has 3 aromatic carbocycles. The summed E-state index contributed by atoms with van der Waals surface area (Å²) in [6.45, 7) is 0.450. The third-order valence-electron chi connectivity index (χ3n) is 7.21. The Hall–Kier alpha value is -3.74. The van der Waals surface area contributed by atoms with Crippen LogP contribution in [-0.2, 0) is 25.6 Å². The summed E-state index contributed by atoms with van der Waals surface area (Å²) in [7, 11) is 1.40. The molecule has 0 bridgehead atoms. The van der Waals surface area contributed by atoms with Crippen molar-refractivity contribution < 1.29 is 23.8 Å². The Balaban J connectivity index is 1.38. The molecule has 2 N–H and O–H groups in total. The van der Waals surface area contributed by atoms with Gasteiger partial charge in [-0.05, 0) is 48.1 Å². The van der Waals surface area contributed by atoms with E-state index in [9.17, 15) is 9.59 Å². The second-order valence-corrected chi connectivity index (χ2v) is 9.87. The molecular formula is C33H37NO5. The van der Waals surface area contributed by atoms with Crippen LogP contribution in [0.1, 0.15) is 48.0 Å². The highest BCUT2D eigenvalue weighted by molar-refractivity contribution is 5.89. The van der Waals surface area contributed by atoms with Gasteiger partial charge in [0, 0.05) is 24.8 Å². The van der Waals surface area contributed by atoms with Gasteiger partial charge in [-0.3, -0.25) is 4.79 Å². The van der Waals surface area contributed by atoms with Crippen molar-refractivity contribution >= 4 is 11.9 Å². The van der Waals surface area contributed by atoms with Crippen LogP contribution in [-0.4, -0.2) is 37.3 Å². The van der Waals surface area contributed by atoms with Crippen LogP contribution < -0.4 is 5.73 Å². The van der Waals surface area contributed by atoms with E-state index in [1.165, 1.54) is 12.7 Å². The lowest BCUT2D eigenvalue weighted by molar-refractivity contribution is -0.140. The third kappa shape index (κ3) is 8.12. The maximum absolute atomic E-state index is 12.7. The van der Waals surface area contributed by atoms with Crippen LogP contribution in [0.5, 0.6) is 0 Å². The molecule has 39 heavy (non-hydrogen) atoms. The first-order valence-electron chi connectivity index (χ1n) is 13.5. The van der Waals surface area contributed by atoms with Gasteiger partial charge in [0.1, 0.15) is 6.10 Å². The molecule has 0 radical (unpaired) electrons. The average Bonchev–Trinajstić information content (AvgIpc) is 3.28. The van der Waals surface area contributed by atoms with Gasteiger partial charge in [0.15, 0.2) is 0 Å². The summed E-state index contributed by atoms with van der Waals surface area (Å²) in [6.07, 6.45) is 6.74. The molecule has 1 aliphatic carbocycles. The zero-order valence-electron chi connectivity index (χ0n) is 22.4. The summed E-state index contributed by atoms with van der Waals surface area (Å²) < 4.78 is 16.9. The molecule has 1 saturated carbocycles. The van der Waals surface area contributed by atoms with Gasteiger partial charge < -0.3 is 19.9 Å². The van der Waals surface area contributed by atoms with Crippen molar-refractivity contribution in [1.29, 1.82) is 0 Å². The quantitative estimate of drug-likeness (QED) is 0.174. The van der Waals surface area contributed by atoms with Crippen molar-refractivity contribution in [2.45, 2.75) is 57.0 Å². The lowest BCUT2D eigenvalue weighted by atomic mass is 9.97. The number of carbonyl (C=O) groups is 2. The molecular weight excluding hydrogens is 490 g/mol. The maximum Gasteiger partial charge on any atom is 0.338 e. The van der Waals surface area contributed by atoms with Crippen LogP contribution in [0.4, 0.5) is 0 Å². The number of allylic oxidation sites excluding steroid dienone is 2. The molecule has 0 unspecified atom stereocenters. The van der Waals surface area contributed by atoms with Crippen LogP contribution in [0.2, 0.25) is 0 Å². The molecule has 0 aromatic heterocycles. The summed E-state index contributed by atoms with van der Waals surface area (Å²) in [4.78, 5) is 24.1. The first-order chi connectivity index (χ1) is 19.0. The van der Waals surface area contributed by atoms with E-state index >= 15 is 0 Å². The van der Waals surface area contributed by atoms with E-state index in [0.29, 0.717) is 31.4 Å². The second-order valence-electron chi connectivity index (χ2n) is 9.87. The highest BCUT2D eigenvalue weighted by Crippen LogP contribution is 2.34. The number of methoxy groups -OCH3 is 1. The van der Waals surface area contributed by atoms with Gasteiger partial charge >= 0.3 is 11.9 Å². The average molecular weight is 528 g/mol. The monoisotopic (exact) mass is 527 g/mol. The van der Waals surface area contributed by atoms with Gasteiger partial charge in [0.05, 0.1) is 25.4 Å². The molecule has 3 aromatic rings. The number of rotatable bonds is 12. The first-order valence-corrected chi connectivity index (χ1v) is 13.5. The van der Waals surface area contributed by atoms with E-state index in [1.807, 2.05) is 36.4 Å². The minimum atomic E-state index is -0.430. The number of ether oxygens (including phenoxy) is 3. The molecule has 0 spiro atoms. The molecule has 0 aliphatic heterocycles. The summed E-state index contributed by atoms with van der Waals surface area (Å²) in [5, 5.41) is 0. The van der Waals surface area contributed by atoms with Gasteiger partial charge in [-0.25, -0.2) is 4.79 Å². The molecule has 6 nitrogen and oxygen atoms in total. The molecule has 0 saturated heterocycles. The van der Waals surface area contributed by atoms with Crippen LogP contribution >= 0.6 is 0 Å². The fraction of sp³-hybridized carbons (Fsp3) is 0.333. The van der Waals surface area contributed by atoms with Gasteiger partial charge in [-0.2, -0.15) is 0 Å². The predicted molar refractivity (Wildman–Crippen MR) is 152 cm³/mol. The number of carbonyl (C=O) groups excluding carboxylic acids is 2. The summed E-state index contributed by atoms with van der Waals surface area (Å²) in [5.74, 6) is -0.570. The second kappa shape index (κ2) is 14.4. The van der Waals surface area contributed by atoms with Gasteiger partial charge in [-0.15, -0.1) is 0 Å². The van der Waals surface area contributed by atoms with E-state index in [4.69, 9.17) is 19.9 Å². The minimum Gasteiger partial charge on any atom is -0.469 e. The lowest BCUT2D eigenvalue weighted by Gasteiger charge is -2.22. The molecule has 0 amide bonds. The van der Waals surface area contributed by atoms with E-state index in [0.717, 1.165) is 24.0 Å². The van der Waals surface area contributed by atoms with Crippen LogP contribution in [0, 0.1) is 5.92 Å². The number of esters is 2. The molecule has 6 heteroatoms. The Morgan fingerprint density at radius 3 is 2.23 bits per heavy atom. The standard InChI is InChI=1S/C33H37NO5/c1-37-31(35)17-11-3-2-10-16-28-29(22-30(32(28)34)39-33(36)27-14-8-5-9-15-27)38-23-24-18-20-26(21-19-24)25-12-6-4-7-13-25/h2,4-10,12-15,18-21,28-30,32H,3,11,16-17,22-23,34H2,1H3/b10-2-/t28-,29-,30+,32+/m0/s1. The smallest absolute Gasteiger partial charge is 0.338 e. The number of benzene rings is 3. The molecule has 4 atom stereocenters. The topological polar surface area (TPSA) is 87.9 Å². The highest BCUT2D eigenvalue weighted by atomic mass is 16.5. The zero-order chi connectivity index (χ0) is 27.5. The minimum absolute atomic E-state index is 0.000905. The van der Waals surface area contributed by atoms with Gasteiger partial charge in [0.2, 0.25) is 0 Å². The first kappa shape index (κ1) is 28.3. The van der Waals surface area contributed by atoms with Crippen molar-refractivity contribution in [2.75, 3.05) is 7.11 Å². The van der Waals surface area contributed by atoms with E-state index < -0.39 is 6.10 Å². The van der Waals surface area contributed by atoms with E-state index in [-0.39, 0.29) is 30.0 Å². The molecule has 4 rings (SSSR count). The number of hydrogen-bond donors (Lipinski definition) is 1. The number of unbranched alkanes of at least 4 members (excludes halogenated alkanes) is 1. The summed E-state index contributed by atoms with van der Waals surface area (Å²) in [5.41, 5.74) is 10.6. The maximum atomic E-state index is 12.7. The van der Waals surface area contributed by atoms with Crippen LogP contribution in [0.25, 0.3) is 11.1 Å². The number of nitrogens with two attached hydrogens (primary N) is 1. The van der Waals surface area contributed by atoms with Crippen molar-refractivity contribution in [2.24, 2.45) is 11.7 Å². The Morgan fingerprint density at radius 2 is 1.54 bits per heavy atom. The van der Waals surface area contributed by atoms with Crippen molar-refractivity contribution in [1.82, 2.24) is 0 Å². The molecule has 0 heterocycles. The fourth-order valence-corrected chi connectivity index (χ4v) is 4.96. The fourth-order valence-electron chi connectivity index (χ4n) is 4.96. The van der Waals surface area contributed by atoms with Crippen LogP contribution in [0.3, 0.4) is 0 Å². The van der Waals surface area contributed by atoms with Crippen molar-refractivity contribution in [3.05, 3.63) is 108 Å². The Bertz CT molecular complexity index is 1210. The highest BCUT2D eigenvalue weighted by Gasteiger charge is 2.43. The van der Waals surface area contributed by atoms with Crippen molar-refractivity contribution in [3.8, 4) is 11.1 Å². The molecule has 1 aliphatic rings.